The van der Waals surface area contributed by atoms with Crippen molar-refractivity contribution in [2.75, 3.05) is 19.8 Å². The molecule has 0 aromatic rings. The fraction of sp³-hybridized carbons (Fsp3) is 0.906. The van der Waals surface area contributed by atoms with Gasteiger partial charge in [-0.05, 0) is 183 Å². The van der Waals surface area contributed by atoms with E-state index in [9.17, 15) is 43.2 Å². The largest absolute Gasteiger partial charge is 0.465 e. The number of carbonyl (C=O) groups excluding carboxylic acids is 9. The lowest BCUT2D eigenvalue weighted by molar-refractivity contribution is -0.168. The Morgan fingerprint density at radius 2 is 0.632 bits per heavy atom. The zero-order valence-electron chi connectivity index (χ0n) is 82.7. The van der Waals surface area contributed by atoms with Crippen molar-refractivity contribution in [2.24, 2.45) is 104 Å². The number of esters is 9. The van der Waals surface area contributed by atoms with Crippen LogP contribution < -0.4 is 0 Å². The van der Waals surface area contributed by atoms with Crippen LogP contribution in [0.4, 0.5) is 0 Å². The summed E-state index contributed by atoms with van der Waals surface area (Å²) in [4.78, 5) is 101. The van der Waals surface area contributed by atoms with E-state index < -0.39 is 5.60 Å². The Kier molecular flexibility index (Phi) is 59.7. The van der Waals surface area contributed by atoms with Gasteiger partial charge >= 0.3 is 53.7 Å². The second-order valence-corrected chi connectivity index (χ2v) is 43.4. The summed E-state index contributed by atoms with van der Waals surface area (Å²) < 4.78 is 47.4. The Labute approximate surface area is 702 Å². The summed E-state index contributed by atoms with van der Waals surface area (Å²) in [5.74, 6) is 3.99. The lowest BCUT2D eigenvalue weighted by atomic mass is 9.79. The number of ether oxygens (including phenoxy) is 9. The van der Waals surface area contributed by atoms with Crippen LogP contribution in [0.1, 0.15) is 408 Å². The minimum Gasteiger partial charge on any atom is -0.465 e. The lowest BCUT2D eigenvalue weighted by Crippen LogP contribution is -2.41. The standard InChI is InChI=1S/C12H22O2.C12H24O2.C11H20O2.2C11H22O2.C10H18O2.2C10H20O2.C9H18O2/c1-9(2)8-10(13)14-11(3,4)12(5)6-7-12;1-9(2)8-10(13)14-12(6,7)11(3,4)5;1-8(2)7-10(12)13-9(3)11(4)5-6-11;1-8(2)7-10(12)13-9(3)11(4,5)6;1-8(2)7-10(12)13-11(5,6)9(3)4;1-8(2)6-9(11)12-7-10(3)4-5-10;1-8(2)6-9(11)12-7-10(3,4)5;1-7(2)6-10(11)12-9(5)8(3)4;1-7(2)5-9(10)11-6-8(3)4/h9H,6-8H2,1-5H3;9H,8H2,1-7H3;8-9H,5-7H2,1-4H3;2*8-9H,7H2,1-6H3;8H,4-7H2,1-3H3;8H,6-7H2,1-5H3;7-9H,6H2,1-5H3;7-8H,5-6H2,1-4H3. The molecule has 3 rings (SSSR count). The highest BCUT2D eigenvalue weighted by Gasteiger charge is 2.53. The summed E-state index contributed by atoms with van der Waals surface area (Å²) in [5, 5.41) is 0. The van der Waals surface area contributed by atoms with Gasteiger partial charge in [-0.3, -0.25) is 43.2 Å². The van der Waals surface area contributed by atoms with Crippen LogP contribution in [-0.4, -0.2) is 109 Å². The van der Waals surface area contributed by atoms with Crippen LogP contribution in [0.2, 0.25) is 0 Å². The van der Waals surface area contributed by atoms with Gasteiger partial charge < -0.3 is 42.6 Å². The van der Waals surface area contributed by atoms with Crippen LogP contribution in [0, 0.1) is 104 Å². The Hall–Kier alpha value is -4.77. The lowest BCUT2D eigenvalue weighted by Gasteiger charge is -2.38. The maximum atomic E-state index is 11.5. The molecule has 0 aliphatic heterocycles. The van der Waals surface area contributed by atoms with E-state index in [0.717, 1.165) is 0 Å². The Morgan fingerprint density at radius 1 is 0.325 bits per heavy atom. The fourth-order valence-electron chi connectivity index (χ4n) is 8.32. The van der Waals surface area contributed by atoms with Gasteiger partial charge in [0.1, 0.15) is 35.1 Å². The first-order chi connectivity index (χ1) is 51.0. The first kappa shape index (κ1) is 120. The first-order valence-corrected chi connectivity index (χ1v) is 43.7. The molecule has 678 valence electrons. The number of rotatable bonds is 33. The predicted octanol–water partition coefficient (Wildman–Crippen LogP) is 25.2. The molecule has 3 unspecified atom stereocenters. The number of hydrogen-bond acceptors (Lipinski definition) is 18. The second-order valence-electron chi connectivity index (χ2n) is 43.4. The topological polar surface area (TPSA) is 237 Å². The molecule has 3 atom stereocenters. The second kappa shape index (κ2) is 56.6. The summed E-state index contributed by atoms with van der Waals surface area (Å²) in [5.41, 5.74) is -0.123. The predicted molar refractivity (Wildman–Crippen MR) is 470 cm³/mol. The molecule has 18 heteroatoms. The SMILES string of the molecule is CC(C)CC(=O)OC(C)(C)C(C)(C)C.CC(C)CC(=O)OC(C)(C)C(C)C.CC(C)CC(=O)OC(C)(C)C1(C)CC1.CC(C)CC(=O)OC(C)C(C)(C)C.CC(C)CC(=O)OC(C)C(C)C.CC(C)CC(=O)OC(C)C1(C)CC1.CC(C)CC(=O)OCC(C)(C)C.CC(C)CC(=O)OCC1(C)CC1.CC(C)COC(=O)CC(C)C. The smallest absolute Gasteiger partial charge is 0.306 e. The summed E-state index contributed by atoms with van der Waals surface area (Å²) >= 11 is 0. The van der Waals surface area contributed by atoms with Gasteiger partial charge in [-0.2, -0.15) is 0 Å². The molecule has 0 aromatic carbocycles. The van der Waals surface area contributed by atoms with E-state index in [0.29, 0.717) is 154 Å². The van der Waals surface area contributed by atoms with Crippen molar-refractivity contribution >= 4 is 53.7 Å². The molecule has 0 heterocycles. The third kappa shape index (κ3) is 71.3. The van der Waals surface area contributed by atoms with Gasteiger partial charge in [-0.15, -0.1) is 0 Å². The maximum absolute atomic E-state index is 11.5. The molecular formula is C96H186O18. The molecule has 3 aliphatic rings. The van der Waals surface area contributed by atoms with E-state index in [1.807, 2.05) is 215 Å². The monoisotopic (exact) mass is 1630 g/mol. The zero-order valence-corrected chi connectivity index (χ0v) is 82.7. The summed E-state index contributed by atoms with van der Waals surface area (Å²) in [6, 6.07) is 0. The molecule has 0 spiro atoms. The maximum Gasteiger partial charge on any atom is 0.306 e. The van der Waals surface area contributed by atoms with E-state index >= 15 is 0 Å². The summed E-state index contributed by atoms with van der Waals surface area (Å²) in [6.07, 6.45) is 12.0. The highest BCUT2D eigenvalue weighted by atomic mass is 16.6. The van der Waals surface area contributed by atoms with E-state index in [2.05, 4.69) is 96.9 Å². The van der Waals surface area contributed by atoms with Crippen LogP contribution in [0.3, 0.4) is 0 Å². The van der Waals surface area contributed by atoms with Crippen molar-refractivity contribution in [2.45, 2.75) is 443 Å². The average Bonchev–Trinajstić information content (AvgIpc) is 1.62. The summed E-state index contributed by atoms with van der Waals surface area (Å²) in [7, 11) is 0. The van der Waals surface area contributed by atoms with Gasteiger partial charge in [-0.1, -0.05) is 249 Å². The van der Waals surface area contributed by atoms with E-state index in [1.54, 1.807) is 0 Å². The molecule has 114 heavy (non-hydrogen) atoms. The third-order valence-electron chi connectivity index (χ3n) is 20.0. The molecule has 3 aliphatic carbocycles. The molecule has 3 fully saturated rings. The van der Waals surface area contributed by atoms with E-state index in [1.165, 1.54) is 38.5 Å². The van der Waals surface area contributed by atoms with Gasteiger partial charge in [0, 0.05) is 79.4 Å². The minimum absolute atomic E-state index is 0.0150. The van der Waals surface area contributed by atoms with Crippen LogP contribution in [0.5, 0.6) is 0 Å². The highest BCUT2D eigenvalue weighted by molar-refractivity contribution is 5.73. The van der Waals surface area contributed by atoms with Crippen molar-refractivity contribution in [3.8, 4) is 0 Å². The molecule has 0 saturated heterocycles. The van der Waals surface area contributed by atoms with Gasteiger partial charge in [-0.25, -0.2) is 0 Å². The van der Waals surface area contributed by atoms with Crippen molar-refractivity contribution in [1.29, 1.82) is 0 Å². The average molecular weight is 1630 g/mol. The molecule has 0 aromatic heterocycles. The van der Waals surface area contributed by atoms with E-state index in [-0.39, 0.29) is 110 Å². The van der Waals surface area contributed by atoms with Crippen molar-refractivity contribution in [3.63, 3.8) is 0 Å². The molecule has 18 nitrogen and oxygen atoms in total. The van der Waals surface area contributed by atoms with Gasteiger partial charge in [0.2, 0.25) is 0 Å². The summed E-state index contributed by atoms with van der Waals surface area (Å²) in [6.45, 7) is 93.2. The zero-order chi connectivity index (χ0) is 91.4. The Balaban J connectivity index is -0.000000288. The van der Waals surface area contributed by atoms with Crippen molar-refractivity contribution in [3.05, 3.63) is 0 Å². The Morgan fingerprint density at radius 3 is 0.921 bits per heavy atom. The van der Waals surface area contributed by atoms with E-state index in [4.69, 9.17) is 42.6 Å². The van der Waals surface area contributed by atoms with Gasteiger partial charge in [0.15, 0.2) is 0 Å². The fourth-order valence-corrected chi connectivity index (χ4v) is 8.32. The molecule has 3 saturated carbocycles. The van der Waals surface area contributed by atoms with Gasteiger partial charge in [0.25, 0.3) is 0 Å². The third-order valence-corrected chi connectivity index (χ3v) is 20.0. The molecule has 0 N–H and O–H groups in total. The van der Waals surface area contributed by atoms with Crippen LogP contribution >= 0.6 is 0 Å². The van der Waals surface area contributed by atoms with Crippen LogP contribution in [-0.2, 0) is 85.8 Å². The highest BCUT2D eigenvalue weighted by Crippen LogP contribution is 2.55. The first-order valence-electron chi connectivity index (χ1n) is 43.7. The quantitative estimate of drug-likeness (QED) is 0.0438. The molecule has 0 radical (unpaired) electrons. The molecule has 0 bridgehead atoms. The number of carbonyl (C=O) groups is 9. The van der Waals surface area contributed by atoms with Crippen LogP contribution in [0.15, 0.2) is 0 Å². The molecule has 0 amide bonds. The number of hydrogen-bond donors (Lipinski definition) is 0. The van der Waals surface area contributed by atoms with Gasteiger partial charge in [0.05, 0.1) is 19.8 Å². The minimum atomic E-state index is -0.404. The van der Waals surface area contributed by atoms with Crippen molar-refractivity contribution in [1.82, 2.24) is 0 Å². The molecular weight excluding hydrogens is 1440 g/mol. The van der Waals surface area contributed by atoms with Crippen LogP contribution in [0.25, 0.3) is 0 Å². The normalized spacial score (nSPS) is 15.2. The Bertz CT molecular complexity index is 2550. The van der Waals surface area contributed by atoms with Crippen molar-refractivity contribution < 1.29 is 85.8 Å².